The van der Waals surface area contributed by atoms with Gasteiger partial charge < -0.3 is 4.90 Å². The van der Waals surface area contributed by atoms with Crippen LogP contribution >= 0.6 is 0 Å². The lowest BCUT2D eigenvalue weighted by Gasteiger charge is -2.52. The van der Waals surface area contributed by atoms with Crippen LogP contribution in [0.5, 0.6) is 0 Å². The second-order valence-corrected chi connectivity index (χ2v) is 4.90. The van der Waals surface area contributed by atoms with Gasteiger partial charge >= 0.3 is 0 Å². The standard InChI is InChI=1S/C13H29N/c1-8-12(5,9-2)13(10-3,11-4)14(6)7/h8-11H2,1-7H3. The lowest BCUT2D eigenvalue weighted by atomic mass is 9.64. The summed E-state index contributed by atoms with van der Waals surface area (Å²) in [7, 11) is 4.47. The molecule has 86 valence electrons. The van der Waals surface area contributed by atoms with E-state index < -0.39 is 0 Å². The van der Waals surface area contributed by atoms with Crippen LogP contribution in [0.4, 0.5) is 0 Å². The molecule has 0 radical (unpaired) electrons. The van der Waals surface area contributed by atoms with Crippen LogP contribution in [0.25, 0.3) is 0 Å². The molecule has 0 rings (SSSR count). The van der Waals surface area contributed by atoms with E-state index in [0.717, 1.165) is 0 Å². The zero-order valence-electron chi connectivity index (χ0n) is 11.3. The smallest absolute Gasteiger partial charge is 0.0251 e. The van der Waals surface area contributed by atoms with Crippen molar-refractivity contribution in [3.05, 3.63) is 0 Å². The van der Waals surface area contributed by atoms with Gasteiger partial charge in [-0.3, -0.25) is 0 Å². The van der Waals surface area contributed by atoms with Crippen LogP contribution in [0.1, 0.15) is 60.3 Å². The SMILES string of the molecule is CCC(C)(CC)C(CC)(CC)N(C)C. The average molecular weight is 199 g/mol. The van der Waals surface area contributed by atoms with E-state index in [2.05, 4.69) is 53.6 Å². The van der Waals surface area contributed by atoms with Gasteiger partial charge in [-0.25, -0.2) is 0 Å². The summed E-state index contributed by atoms with van der Waals surface area (Å²) < 4.78 is 0. The number of nitrogens with zero attached hydrogens (tertiary/aromatic N) is 1. The van der Waals surface area contributed by atoms with Gasteiger partial charge in [-0.15, -0.1) is 0 Å². The third kappa shape index (κ3) is 1.98. The molecule has 0 saturated carbocycles. The van der Waals surface area contributed by atoms with Crippen molar-refractivity contribution in [2.24, 2.45) is 5.41 Å². The van der Waals surface area contributed by atoms with E-state index in [0.29, 0.717) is 11.0 Å². The maximum Gasteiger partial charge on any atom is 0.0251 e. The predicted molar refractivity (Wildman–Crippen MR) is 65.7 cm³/mol. The van der Waals surface area contributed by atoms with Gasteiger partial charge in [0.1, 0.15) is 0 Å². The Balaban J connectivity index is 5.14. The highest BCUT2D eigenvalue weighted by molar-refractivity contribution is 4.99. The molecule has 0 aromatic rings. The van der Waals surface area contributed by atoms with Gasteiger partial charge in [0.25, 0.3) is 0 Å². The van der Waals surface area contributed by atoms with Crippen LogP contribution < -0.4 is 0 Å². The first-order valence-electron chi connectivity index (χ1n) is 6.11. The summed E-state index contributed by atoms with van der Waals surface area (Å²) in [6.45, 7) is 11.8. The molecule has 0 unspecified atom stereocenters. The summed E-state index contributed by atoms with van der Waals surface area (Å²) >= 11 is 0. The summed E-state index contributed by atoms with van der Waals surface area (Å²) in [5, 5.41) is 0. The van der Waals surface area contributed by atoms with Crippen LogP contribution in [0.15, 0.2) is 0 Å². The van der Waals surface area contributed by atoms with E-state index in [1.165, 1.54) is 25.7 Å². The Hall–Kier alpha value is -0.0400. The van der Waals surface area contributed by atoms with Crippen LogP contribution in [0.3, 0.4) is 0 Å². The highest BCUT2D eigenvalue weighted by Gasteiger charge is 2.44. The molecule has 0 aliphatic heterocycles. The van der Waals surface area contributed by atoms with Crippen molar-refractivity contribution < 1.29 is 0 Å². The Morgan fingerprint density at radius 3 is 1.21 bits per heavy atom. The molecule has 0 heterocycles. The van der Waals surface area contributed by atoms with Crippen LogP contribution in [0, 0.1) is 5.41 Å². The molecule has 0 atom stereocenters. The molecule has 0 bridgehead atoms. The molecule has 1 heteroatoms. The molecule has 1 nitrogen and oxygen atoms in total. The molecular weight excluding hydrogens is 170 g/mol. The molecule has 0 aromatic carbocycles. The molecule has 0 aromatic heterocycles. The van der Waals surface area contributed by atoms with Crippen molar-refractivity contribution in [1.82, 2.24) is 4.90 Å². The molecule has 0 N–H and O–H groups in total. The van der Waals surface area contributed by atoms with E-state index in [1.54, 1.807) is 0 Å². The fourth-order valence-electron chi connectivity index (χ4n) is 3.18. The van der Waals surface area contributed by atoms with Gasteiger partial charge in [-0.1, -0.05) is 34.6 Å². The molecule has 0 aliphatic carbocycles. The Labute approximate surface area is 90.9 Å². The Kier molecular flexibility index (Phi) is 5.14. The maximum atomic E-state index is 2.44. The minimum Gasteiger partial charge on any atom is -0.303 e. The van der Waals surface area contributed by atoms with Gasteiger partial charge in [-0.2, -0.15) is 0 Å². The summed E-state index contributed by atoms with van der Waals surface area (Å²) in [6.07, 6.45) is 5.02. The Morgan fingerprint density at radius 1 is 0.786 bits per heavy atom. The third-order valence-corrected chi connectivity index (χ3v) is 4.71. The summed E-state index contributed by atoms with van der Waals surface area (Å²) in [6, 6.07) is 0. The molecule has 0 saturated heterocycles. The zero-order chi connectivity index (χ0) is 11.4. The van der Waals surface area contributed by atoms with Gasteiger partial charge in [-0.05, 0) is 45.2 Å². The molecule has 0 amide bonds. The van der Waals surface area contributed by atoms with Crippen molar-refractivity contribution in [2.75, 3.05) is 14.1 Å². The van der Waals surface area contributed by atoms with Crippen molar-refractivity contribution in [3.8, 4) is 0 Å². The monoisotopic (exact) mass is 199 g/mol. The van der Waals surface area contributed by atoms with Crippen molar-refractivity contribution in [2.45, 2.75) is 65.8 Å². The zero-order valence-corrected chi connectivity index (χ0v) is 11.3. The topological polar surface area (TPSA) is 3.24 Å². The highest BCUT2D eigenvalue weighted by Crippen LogP contribution is 2.45. The minimum absolute atomic E-state index is 0.372. The first-order chi connectivity index (χ1) is 6.44. The van der Waals surface area contributed by atoms with Crippen molar-refractivity contribution in [1.29, 1.82) is 0 Å². The third-order valence-electron chi connectivity index (χ3n) is 4.71. The molecule has 0 aliphatic rings. The molecular formula is C13H29N. The number of rotatable bonds is 6. The van der Waals surface area contributed by atoms with E-state index in [-0.39, 0.29) is 0 Å². The van der Waals surface area contributed by atoms with Gasteiger partial charge in [0.2, 0.25) is 0 Å². The van der Waals surface area contributed by atoms with Crippen LogP contribution in [-0.4, -0.2) is 24.5 Å². The second kappa shape index (κ2) is 5.16. The average Bonchev–Trinajstić information content (AvgIpc) is 2.19. The Bertz CT molecular complexity index is 153. The van der Waals surface area contributed by atoms with E-state index in [9.17, 15) is 0 Å². The van der Waals surface area contributed by atoms with Gasteiger partial charge in [0.15, 0.2) is 0 Å². The van der Waals surface area contributed by atoms with Crippen molar-refractivity contribution >= 4 is 0 Å². The van der Waals surface area contributed by atoms with Crippen LogP contribution in [-0.2, 0) is 0 Å². The van der Waals surface area contributed by atoms with E-state index >= 15 is 0 Å². The summed E-state index contributed by atoms with van der Waals surface area (Å²) in [4.78, 5) is 2.44. The number of hydrogen-bond acceptors (Lipinski definition) is 1. The molecule has 0 fully saturated rings. The van der Waals surface area contributed by atoms with Gasteiger partial charge in [0, 0.05) is 5.54 Å². The van der Waals surface area contributed by atoms with E-state index in [1.807, 2.05) is 0 Å². The fourth-order valence-corrected chi connectivity index (χ4v) is 3.18. The largest absolute Gasteiger partial charge is 0.303 e. The minimum atomic E-state index is 0.372. The van der Waals surface area contributed by atoms with Crippen molar-refractivity contribution in [3.63, 3.8) is 0 Å². The summed E-state index contributed by atoms with van der Waals surface area (Å²) in [5.41, 5.74) is 0.816. The lowest BCUT2D eigenvalue weighted by molar-refractivity contribution is -0.00930. The first-order valence-corrected chi connectivity index (χ1v) is 6.11. The normalized spacial score (nSPS) is 13.7. The van der Waals surface area contributed by atoms with E-state index in [4.69, 9.17) is 0 Å². The highest BCUT2D eigenvalue weighted by atomic mass is 15.2. The lowest BCUT2D eigenvalue weighted by Crippen LogP contribution is -2.55. The first kappa shape index (κ1) is 14.0. The van der Waals surface area contributed by atoms with Gasteiger partial charge in [0.05, 0.1) is 0 Å². The Morgan fingerprint density at radius 2 is 1.14 bits per heavy atom. The maximum absolute atomic E-state index is 2.44. The quantitative estimate of drug-likeness (QED) is 0.626. The molecule has 0 spiro atoms. The second-order valence-electron chi connectivity index (χ2n) is 4.90. The summed E-state index contributed by atoms with van der Waals surface area (Å²) in [5.74, 6) is 0. The number of hydrogen-bond donors (Lipinski definition) is 0. The predicted octanol–water partition coefficient (Wildman–Crippen LogP) is 3.93. The van der Waals surface area contributed by atoms with Crippen LogP contribution in [0.2, 0.25) is 0 Å². The fraction of sp³-hybridized carbons (Fsp3) is 1.00. The molecule has 14 heavy (non-hydrogen) atoms.